The maximum atomic E-state index is 6.20. The van der Waals surface area contributed by atoms with Crippen LogP contribution in [-0.2, 0) is 6.42 Å². The first-order valence-corrected chi connectivity index (χ1v) is 7.64. The first-order valence-electron chi connectivity index (χ1n) is 6.04. The van der Waals surface area contributed by atoms with E-state index in [0.29, 0.717) is 17.3 Å². The number of para-hydroxylation sites is 1. The number of ether oxygens (including phenoxy) is 1. The summed E-state index contributed by atoms with van der Waals surface area (Å²) < 4.78 is 5.90. The monoisotopic (exact) mass is 293 g/mol. The Kier molecular flexibility index (Phi) is 5.14. The predicted octanol–water partition coefficient (Wildman–Crippen LogP) is 4.36. The molecule has 0 fully saturated rings. The normalized spacial score (nSPS) is 10.5. The fourth-order valence-corrected chi connectivity index (χ4v) is 2.42. The molecule has 0 unspecified atom stereocenters. The molecule has 0 saturated heterocycles. The third-order valence-corrected chi connectivity index (χ3v) is 3.78. The highest BCUT2D eigenvalue weighted by molar-refractivity contribution is 7.98. The van der Waals surface area contributed by atoms with Crippen LogP contribution in [0.5, 0.6) is 11.5 Å². The number of benzene rings is 2. The van der Waals surface area contributed by atoms with Gasteiger partial charge in [-0.1, -0.05) is 23.7 Å². The molecule has 0 heterocycles. The Morgan fingerprint density at radius 3 is 2.53 bits per heavy atom. The molecule has 2 nitrogen and oxygen atoms in total. The molecule has 0 radical (unpaired) electrons. The first kappa shape index (κ1) is 14.3. The summed E-state index contributed by atoms with van der Waals surface area (Å²) in [5, 5.41) is 0.611. The van der Waals surface area contributed by atoms with Crippen LogP contribution in [0.15, 0.2) is 47.4 Å². The lowest BCUT2D eigenvalue weighted by molar-refractivity contribution is 0.476. The smallest absolute Gasteiger partial charge is 0.149 e. The number of nitrogens with two attached hydrogens (primary N) is 1. The maximum Gasteiger partial charge on any atom is 0.149 e. The summed E-state index contributed by atoms with van der Waals surface area (Å²) in [6.45, 7) is 0.572. The van der Waals surface area contributed by atoms with Gasteiger partial charge in [0.15, 0.2) is 0 Å². The van der Waals surface area contributed by atoms with E-state index < -0.39 is 0 Å². The first-order chi connectivity index (χ1) is 9.24. The van der Waals surface area contributed by atoms with Crippen LogP contribution in [0.1, 0.15) is 5.56 Å². The molecular weight excluding hydrogens is 278 g/mol. The van der Waals surface area contributed by atoms with Gasteiger partial charge in [0.25, 0.3) is 0 Å². The van der Waals surface area contributed by atoms with E-state index in [1.54, 1.807) is 11.8 Å². The largest absolute Gasteiger partial charge is 0.456 e. The van der Waals surface area contributed by atoms with Crippen molar-refractivity contribution in [1.29, 1.82) is 0 Å². The zero-order valence-corrected chi connectivity index (χ0v) is 12.3. The van der Waals surface area contributed by atoms with E-state index >= 15 is 0 Å². The van der Waals surface area contributed by atoms with E-state index in [4.69, 9.17) is 22.1 Å². The summed E-state index contributed by atoms with van der Waals surface area (Å²) >= 11 is 7.90. The lowest BCUT2D eigenvalue weighted by Crippen LogP contribution is -2.04. The van der Waals surface area contributed by atoms with E-state index in [2.05, 4.69) is 0 Å². The lowest BCUT2D eigenvalue weighted by Gasteiger charge is -2.12. The van der Waals surface area contributed by atoms with Gasteiger partial charge in [0.1, 0.15) is 11.5 Å². The second kappa shape index (κ2) is 6.85. The molecule has 0 saturated carbocycles. The van der Waals surface area contributed by atoms with Crippen LogP contribution in [0.3, 0.4) is 0 Å². The van der Waals surface area contributed by atoms with Crippen molar-refractivity contribution in [3.05, 3.63) is 53.1 Å². The molecule has 0 aromatic heterocycles. The van der Waals surface area contributed by atoms with Gasteiger partial charge >= 0.3 is 0 Å². The Bertz CT molecular complexity index is 542. The number of hydrogen-bond donors (Lipinski definition) is 1. The van der Waals surface area contributed by atoms with Gasteiger partial charge in [0.2, 0.25) is 0 Å². The maximum absolute atomic E-state index is 6.20. The average Bonchev–Trinajstić information content (AvgIpc) is 2.44. The second-order valence-electron chi connectivity index (χ2n) is 4.04. The SMILES string of the molecule is CSc1ccc(Oc2c(Cl)cccc2CCN)cc1. The highest BCUT2D eigenvalue weighted by Crippen LogP contribution is 2.33. The Morgan fingerprint density at radius 2 is 1.89 bits per heavy atom. The fourth-order valence-electron chi connectivity index (χ4n) is 1.78. The highest BCUT2D eigenvalue weighted by Gasteiger charge is 2.09. The second-order valence-corrected chi connectivity index (χ2v) is 5.33. The zero-order chi connectivity index (χ0) is 13.7. The number of halogens is 1. The minimum absolute atomic E-state index is 0.572. The average molecular weight is 294 g/mol. The number of rotatable bonds is 5. The fraction of sp³-hybridized carbons (Fsp3) is 0.200. The van der Waals surface area contributed by atoms with Gasteiger partial charge in [-0.2, -0.15) is 0 Å². The van der Waals surface area contributed by atoms with Gasteiger partial charge in [0, 0.05) is 4.90 Å². The van der Waals surface area contributed by atoms with Gasteiger partial charge in [-0.25, -0.2) is 0 Å². The molecule has 0 aliphatic heterocycles. The van der Waals surface area contributed by atoms with Crippen molar-refractivity contribution in [3.8, 4) is 11.5 Å². The molecular formula is C15H16ClNOS. The van der Waals surface area contributed by atoms with Crippen molar-refractivity contribution in [2.24, 2.45) is 5.73 Å². The molecule has 0 aliphatic rings. The van der Waals surface area contributed by atoms with E-state index in [0.717, 1.165) is 17.7 Å². The van der Waals surface area contributed by atoms with Crippen molar-refractivity contribution < 1.29 is 4.74 Å². The van der Waals surface area contributed by atoms with E-state index in [1.807, 2.05) is 48.7 Å². The molecule has 100 valence electrons. The molecule has 4 heteroatoms. The summed E-state index contributed by atoms with van der Waals surface area (Å²) in [4.78, 5) is 1.20. The van der Waals surface area contributed by atoms with Gasteiger partial charge in [-0.05, 0) is 55.1 Å². The van der Waals surface area contributed by atoms with E-state index in [9.17, 15) is 0 Å². The third-order valence-electron chi connectivity index (χ3n) is 2.74. The quantitative estimate of drug-likeness (QED) is 0.832. The molecule has 0 atom stereocenters. The molecule has 2 aromatic rings. The predicted molar refractivity (Wildman–Crippen MR) is 82.5 cm³/mol. The lowest BCUT2D eigenvalue weighted by atomic mass is 10.1. The standard InChI is InChI=1S/C15H16ClNOS/c1-19-13-7-5-12(6-8-13)18-15-11(9-10-17)3-2-4-14(15)16/h2-8H,9-10,17H2,1H3. The summed E-state index contributed by atoms with van der Waals surface area (Å²) in [5.74, 6) is 1.48. The minimum atomic E-state index is 0.572. The Hall–Kier alpha value is -1.16. The van der Waals surface area contributed by atoms with Crippen LogP contribution in [0.25, 0.3) is 0 Å². The van der Waals surface area contributed by atoms with Crippen LogP contribution in [0.4, 0.5) is 0 Å². The van der Waals surface area contributed by atoms with Crippen molar-refractivity contribution in [2.75, 3.05) is 12.8 Å². The molecule has 2 rings (SSSR count). The molecule has 0 spiro atoms. The van der Waals surface area contributed by atoms with Gasteiger partial charge in [-0.3, -0.25) is 0 Å². The Balaban J connectivity index is 2.26. The zero-order valence-electron chi connectivity index (χ0n) is 10.7. The van der Waals surface area contributed by atoms with Crippen LogP contribution in [0, 0.1) is 0 Å². The van der Waals surface area contributed by atoms with Crippen molar-refractivity contribution in [3.63, 3.8) is 0 Å². The molecule has 19 heavy (non-hydrogen) atoms. The van der Waals surface area contributed by atoms with Gasteiger partial charge < -0.3 is 10.5 Å². The molecule has 0 amide bonds. The van der Waals surface area contributed by atoms with Crippen molar-refractivity contribution in [2.45, 2.75) is 11.3 Å². The topological polar surface area (TPSA) is 35.2 Å². The summed E-state index contributed by atoms with van der Waals surface area (Å²) in [6, 6.07) is 13.7. The van der Waals surface area contributed by atoms with Crippen LogP contribution >= 0.6 is 23.4 Å². The Labute approximate surface area is 122 Å². The van der Waals surface area contributed by atoms with E-state index in [-0.39, 0.29) is 0 Å². The van der Waals surface area contributed by atoms with Crippen LogP contribution < -0.4 is 10.5 Å². The van der Waals surface area contributed by atoms with Crippen molar-refractivity contribution in [1.82, 2.24) is 0 Å². The summed E-state index contributed by atoms with van der Waals surface area (Å²) in [7, 11) is 0. The minimum Gasteiger partial charge on any atom is -0.456 e. The number of hydrogen-bond acceptors (Lipinski definition) is 3. The molecule has 2 N–H and O–H groups in total. The third kappa shape index (κ3) is 3.66. The van der Waals surface area contributed by atoms with Crippen LogP contribution in [0.2, 0.25) is 5.02 Å². The van der Waals surface area contributed by atoms with Gasteiger partial charge in [0.05, 0.1) is 5.02 Å². The highest BCUT2D eigenvalue weighted by atomic mass is 35.5. The molecule has 0 aliphatic carbocycles. The van der Waals surface area contributed by atoms with Crippen LogP contribution in [-0.4, -0.2) is 12.8 Å². The molecule has 0 bridgehead atoms. The summed E-state index contributed by atoms with van der Waals surface area (Å²) in [6.07, 6.45) is 2.79. The Morgan fingerprint density at radius 1 is 1.16 bits per heavy atom. The van der Waals surface area contributed by atoms with Gasteiger partial charge in [-0.15, -0.1) is 11.8 Å². The van der Waals surface area contributed by atoms with E-state index in [1.165, 1.54) is 4.90 Å². The number of thioether (sulfide) groups is 1. The van der Waals surface area contributed by atoms with Crippen molar-refractivity contribution >= 4 is 23.4 Å². The summed E-state index contributed by atoms with van der Waals surface area (Å²) in [5.41, 5.74) is 6.64. The molecule has 2 aromatic carbocycles.